The summed E-state index contributed by atoms with van der Waals surface area (Å²) in [5.41, 5.74) is 0. The van der Waals surface area contributed by atoms with Crippen LogP contribution in [0.25, 0.3) is 0 Å². The smallest absolute Gasteiger partial charge is 0.242 e. The zero-order valence-electron chi connectivity index (χ0n) is 7.98. The van der Waals surface area contributed by atoms with E-state index < -0.39 is 4.87 Å². The molecule has 1 nitrogen and oxygen atoms in total. The van der Waals surface area contributed by atoms with E-state index in [1.165, 1.54) is 12.8 Å². The topological polar surface area (TPSA) is 17.1 Å². The third kappa shape index (κ3) is 2.85. The standard InChI is InChI=1S/C10H16Cl2O/c1-2-3-8-4-6-10(12,7-5-8)9(11)13/h8H,2-7H2,1H3. The minimum Gasteiger partial charge on any atom is -0.279 e. The summed E-state index contributed by atoms with van der Waals surface area (Å²) in [6.45, 7) is 2.19. The zero-order valence-corrected chi connectivity index (χ0v) is 9.50. The van der Waals surface area contributed by atoms with Crippen LogP contribution in [0.2, 0.25) is 0 Å². The van der Waals surface area contributed by atoms with Crippen LogP contribution in [0.15, 0.2) is 0 Å². The Kier molecular flexibility index (Phi) is 4.06. The van der Waals surface area contributed by atoms with Crippen LogP contribution >= 0.6 is 23.2 Å². The molecule has 0 unspecified atom stereocenters. The van der Waals surface area contributed by atoms with Crippen molar-refractivity contribution in [1.82, 2.24) is 0 Å². The Bertz CT molecular complexity index is 183. The zero-order chi connectivity index (χ0) is 9.90. The lowest BCUT2D eigenvalue weighted by Crippen LogP contribution is -2.34. The Morgan fingerprint density at radius 2 is 2.00 bits per heavy atom. The third-order valence-corrected chi connectivity index (χ3v) is 3.95. The molecule has 0 aromatic rings. The average molecular weight is 223 g/mol. The third-order valence-electron chi connectivity index (χ3n) is 2.95. The van der Waals surface area contributed by atoms with E-state index in [9.17, 15) is 4.79 Å². The summed E-state index contributed by atoms with van der Waals surface area (Å²) in [7, 11) is 0. The molecule has 0 radical (unpaired) electrons. The van der Waals surface area contributed by atoms with Crippen molar-refractivity contribution in [2.75, 3.05) is 0 Å². The Hall–Kier alpha value is 0.250. The molecular weight excluding hydrogens is 207 g/mol. The van der Waals surface area contributed by atoms with E-state index in [0.717, 1.165) is 31.6 Å². The highest BCUT2D eigenvalue weighted by Crippen LogP contribution is 2.40. The van der Waals surface area contributed by atoms with E-state index in [-0.39, 0.29) is 5.24 Å². The minimum atomic E-state index is -0.744. The van der Waals surface area contributed by atoms with Gasteiger partial charge in [-0.2, -0.15) is 0 Å². The quantitative estimate of drug-likeness (QED) is 0.526. The number of carbonyl (C=O) groups excluding carboxylic acids is 1. The van der Waals surface area contributed by atoms with Crippen LogP contribution in [0.4, 0.5) is 0 Å². The molecule has 0 N–H and O–H groups in total. The molecular formula is C10H16Cl2O. The van der Waals surface area contributed by atoms with Gasteiger partial charge in [0.15, 0.2) is 0 Å². The van der Waals surface area contributed by atoms with Crippen molar-refractivity contribution in [3.05, 3.63) is 0 Å². The molecule has 0 heterocycles. The first-order valence-corrected chi connectivity index (χ1v) is 5.73. The van der Waals surface area contributed by atoms with Gasteiger partial charge in [-0.15, -0.1) is 11.6 Å². The van der Waals surface area contributed by atoms with Crippen molar-refractivity contribution in [3.8, 4) is 0 Å². The van der Waals surface area contributed by atoms with Crippen molar-refractivity contribution in [3.63, 3.8) is 0 Å². The lowest BCUT2D eigenvalue weighted by molar-refractivity contribution is -0.115. The van der Waals surface area contributed by atoms with Crippen LogP contribution in [0.3, 0.4) is 0 Å². The van der Waals surface area contributed by atoms with Gasteiger partial charge in [-0.05, 0) is 43.2 Å². The molecule has 0 spiro atoms. The van der Waals surface area contributed by atoms with E-state index in [1.54, 1.807) is 0 Å². The van der Waals surface area contributed by atoms with Gasteiger partial charge in [0.1, 0.15) is 4.87 Å². The van der Waals surface area contributed by atoms with Gasteiger partial charge in [0.25, 0.3) is 0 Å². The maximum absolute atomic E-state index is 11.0. The Labute approximate surface area is 89.8 Å². The molecule has 1 saturated carbocycles. The lowest BCUT2D eigenvalue weighted by atomic mass is 9.80. The van der Waals surface area contributed by atoms with Crippen LogP contribution < -0.4 is 0 Å². The maximum Gasteiger partial charge on any atom is 0.242 e. The van der Waals surface area contributed by atoms with Crippen LogP contribution in [-0.4, -0.2) is 10.1 Å². The molecule has 0 aliphatic heterocycles. The van der Waals surface area contributed by atoms with Gasteiger partial charge in [-0.25, -0.2) is 0 Å². The molecule has 13 heavy (non-hydrogen) atoms. The molecule has 0 bridgehead atoms. The predicted octanol–water partition coefficient (Wildman–Crippen LogP) is 3.72. The fourth-order valence-electron chi connectivity index (χ4n) is 2.03. The molecule has 0 aromatic heterocycles. The SMILES string of the molecule is CCCC1CCC(Cl)(C(=O)Cl)CC1. The fourth-order valence-corrected chi connectivity index (χ4v) is 2.44. The highest BCUT2D eigenvalue weighted by atomic mass is 35.5. The van der Waals surface area contributed by atoms with Gasteiger partial charge >= 0.3 is 0 Å². The van der Waals surface area contributed by atoms with Crippen molar-refractivity contribution in [2.45, 2.75) is 50.3 Å². The van der Waals surface area contributed by atoms with Gasteiger partial charge in [0.2, 0.25) is 5.24 Å². The molecule has 1 aliphatic rings. The van der Waals surface area contributed by atoms with Gasteiger partial charge in [-0.3, -0.25) is 4.79 Å². The Morgan fingerprint density at radius 1 is 1.46 bits per heavy atom. The fraction of sp³-hybridized carbons (Fsp3) is 0.900. The second kappa shape index (κ2) is 4.65. The largest absolute Gasteiger partial charge is 0.279 e. The normalized spacial score (nSPS) is 34.5. The first-order chi connectivity index (χ1) is 6.08. The average Bonchev–Trinajstić information content (AvgIpc) is 2.09. The number of hydrogen-bond donors (Lipinski definition) is 0. The molecule has 0 aromatic carbocycles. The van der Waals surface area contributed by atoms with Gasteiger partial charge in [-0.1, -0.05) is 19.8 Å². The summed E-state index contributed by atoms with van der Waals surface area (Å²) in [5, 5.41) is -0.371. The maximum atomic E-state index is 11.0. The number of rotatable bonds is 3. The summed E-state index contributed by atoms with van der Waals surface area (Å²) in [4.78, 5) is 10.3. The Morgan fingerprint density at radius 3 is 2.38 bits per heavy atom. The molecule has 0 atom stereocenters. The second-order valence-corrected chi connectivity index (χ2v) is 5.04. The summed E-state index contributed by atoms with van der Waals surface area (Å²) in [5.74, 6) is 0.757. The molecule has 76 valence electrons. The lowest BCUT2D eigenvalue weighted by Gasteiger charge is -2.32. The minimum absolute atomic E-state index is 0.371. The first kappa shape index (κ1) is 11.3. The van der Waals surface area contributed by atoms with Gasteiger partial charge < -0.3 is 0 Å². The van der Waals surface area contributed by atoms with Crippen molar-refractivity contribution in [1.29, 1.82) is 0 Å². The van der Waals surface area contributed by atoms with Gasteiger partial charge in [0, 0.05) is 0 Å². The molecule has 0 saturated heterocycles. The highest BCUT2D eigenvalue weighted by molar-refractivity contribution is 6.70. The van der Waals surface area contributed by atoms with E-state index in [1.807, 2.05) is 0 Å². The van der Waals surface area contributed by atoms with E-state index >= 15 is 0 Å². The monoisotopic (exact) mass is 222 g/mol. The van der Waals surface area contributed by atoms with Crippen LogP contribution in [0.5, 0.6) is 0 Å². The summed E-state index contributed by atoms with van der Waals surface area (Å²) >= 11 is 11.5. The van der Waals surface area contributed by atoms with Crippen molar-refractivity contribution < 1.29 is 4.79 Å². The second-order valence-electron chi connectivity index (χ2n) is 3.97. The highest BCUT2D eigenvalue weighted by Gasteiger charge is 2.38. The Balaban J connectivity index is 2.42. The predicted molar refractivity (Wildman–Crippen MR) is 56.3 cm³/mol. The molecule has 3 heteroatoms. The van der Waals surface area contributed by atoms with E-state index in [4.69, 9.17) is 23.2 Å². The van der Waals surface area contributed by atoms with Crippen LogP contribution in [0.1, 0.15) is 45.4 Å². The summed E-state index contributed by atoms with van der Waals surface area (Å²) < 4.78 is 0. The van der Waals surface area contributed by atoms with Crippen molar-refractivity contribution in [2.24, 2.45) is 5.92 Å². The number of carbonyl (C=O) groups is 1. The molecule has 1 fully saturated rings. The van der Waals surface area contributed by atoms with Crippen molar-refractivity contribution >= 4 is 28.4 Å². The summed E-state index contributed by atoms with van der Waals surface area (Å²) in [6, 6.07) is 0. The molecule has 1 rings (SSSR count). The summed E-state index contributed by atoms with van der Waals surface area (Å²) in [6.07, 6.45) is 6.08. The van der Waals surface area contributed by atoms with Crippen LogP contribution in [-0.2, 0) is 4.79 Å². The first-order valence-electron chi connectivity index (χ1n) is 4.97. The van der Waals surface area contributed by atoms with E-state index in [0.29, 0.717) is 0 Å². The number of hydrogen-bond acceptors (Lipinski definition) is 1. The number of halogens is 2. The molecule has 0 amide bonds. The number of alkyl halides is 1. The van der Waals surface area contributed by atoms with Gasteiger partial charge in [0.05, 0.1) is 0 Å². The molecule has 1 aliphatic carbocycles. The van der Waals surface area contributed by atoms with E-state index in [2.05, 4.69) is 6.92 Å². The van der Waals surface area contributed by atoms with Crippen LogP contribution in [0, 0.1) is 5.92 Å².